The number of nitrogens with one attached hydrogen (secondary N) is 2. The summed E-state index contributed by atoms with van der Waals surface area (Å²) in [5.41, 5.74) is 2.70. The van der Waals surface area contributed by atoms with Gasteiger partial charge in [0.15, 0.2) is 9.84 Å². The van der Waals surface area contributed by atoms with Crippen LogP contribution in [0.2, 0.25) is 0 Å². The van der Waals surface area contributed by atoms with Gasteiger partial charge in [-0.1, -0.05) is 0 Å². The molecule has 9 heteroatoms. The van der Waals surface area contributed by atoms with Crippen LogP contribution >= 0.6 is 0 Å². The zero-order chi connectivity index (χ0) is 17.2. The number of pyridine rings is 1. The summed E-state index contributed by atoms with van der Waals surface area (Å²) in [4.78, 5) is 16.1. The number of hydrogen-bond donors (Lipinski definition) is 2. The number of aryl methyl sites for hydroxylation is 1. The number of carbonyl (C=O) groups excluding carboxylic acids is 1. The fraction of sp³-hybridized carbons (Fsp3) is 0.400. The van der Waals surface area contributed by atoms with Gasteiger partial charge in [0.1, 0.15) is 0 Å². The van der Waals surface area contributed by atoms with Crippen molar-refractivity contribution in [2.24, 2.45) is 7.05 Å². The van der Waals surface area contributed by atoms with Crippen molar-refractivity contribution in [3.63, 3.8) is 0 Å². The lowest BCUT2D eigenvalue weighted by atomic mass is 10.1. The fourth-order valence-corrected chi connectivity index (χ4v) is 4.38. The van der Waals surface area contributed by atoms with Crippen LogP contribution in [0.5, 0.6) is 0 Å². The molecule has 0 bridgehead atoms. The normalized spacial score (nSPS) is 19.1. The summed E-state index contributed by atoms with van der Waals surface area (Å²) in [5, 5.41) is 9.55. The van der Waals surface area contributed by atoms with Crippen molar-refractivity contribution in [1.29, 1.82) is 0 Å². The van der Waals surface area contributed by atoms with Crippen molar-refractivity contribution in [2.75, 3.05) is 11.5 Å². The number of sulfone groups is 1. The van der Waals surface area contributed by atoms with Crippen molar-refractivity contribution in [3.8, 4) is 11.3 Å². The van der Waals surface area contributed by atoms with Crippen LogP contribution in [0, 0.1) is 0 Å². The first kappa shape index (κ1) is 16.4. The number of urea groups is 1. The van der Waals surface area contributed by atoms with E-state index in [9.17, 15) is 13.2 Å². The Labute approximate surface area is 140 Å². The summed E-state index contributed by atoms with van der Waals surface area (Å²) in [5.74, 6) is 0.145. The third-order valence-corrected chi connectivity index (χ3v) is 5.70. The average Bonchev–Trinajstić information content (AvgIpc) is 3.11. The van der Waals surface area contributed by atoms with Crippen LogP contribution < -0.4 is 10.6 Å². The maximum absolute atomic E-state index is 11.9. The van der Waals surface area contributed by atoms with E-state index < -0.39 is 9.84 Å². The second-order valence-electron chi connectivity index (χ2n) is 5.85. The monoisotopic (exact) mass is 349 g/mol. The number of amides is 2. The molecule has 0 saturated carbocycles. The highest BCUT2D eigenvalue weighted by molar-refractivity contribution is 7.91. The molecule has 24 heavy (non-hydrogen) atoms. The van der Waals surface area contributed by atoms with E-state index in [-0.39, 0.29) is 23.6 Å². The molecular weight excluding hydrogens is 330 g/mol. The first-order valence-corrected chi connectivity index (χ1v) is 9.42. The lowest BCUT2D eigenvalue weighted by molar-refractivity contribution is 0.237. The molecule has 2 N–H and O–H groups in total. The zero-order valence-corrected chi connectivity index (χ0v) is 14.1. The van der Waals surface area contributed by atoms with Gasteiger partial charge in [-0.3, -0.25) is 9.67 Å². The Bertz CT molecular complexity index is 846. The third-order valence-electron chi connectivity index (χ3n) is 3.93. The molecule has 2 aromatic rings. The molecule has 0 spiro atoms. The van der Waals surface area contributed by atoms with Gasteiger partial charge in [0, 0.05) is 43.8 Å². The van der Waals surface area contributed by atoms with Gasteiger partial charge < -0.3 is 10.6 Å². The van der Waals surface area contributed by atoms with Crippen molar-refractivity contribution < 1.29 is 13.2 Å². The van der Waals surface area contributed by atoms with E-state index in [1.807, 2.05) is 19.2 Å². The average molecular weight is 349 g/mol. The van der Waals surface area contributed by atoms with Crippen molar-refractivity contribution >= 4 is 15.9 Å². The van der Waals surface area contributed by atoms with Gasteiger partial charge in [-0.05, 0) is 24.1 Å². The minimum absolute atomic E-state index is 0.0119. The van der Waals surface area contributed by atoms with E-state index in [2.05, 4.69) is 20.7 Å². The highest BCUT2D eigenvalue weighted by Crippen LogP contribution is 2.18. The Morgan fingerprint density at radius 3 is 2.92 bits per heavy atom. The topological polar surface area (TPSA) is 106 Å². The second kappa shape index (κ2) is 6.60. The summed E-state index contributed by atoms with van der Waals surface area (Å²) >= 11 is 0. The van der Waals surface area contributed by atoms with Crippen LogP contribution in [0.1, 0.15) is 12.0 Å². The molecule has 0 radical (unpaired) electrons. The number of aromatic nitrogens is 3. The third kappa shape index (κ3) is 3.91. The van der Waals surface area contributed by atoms with Crippen LogP contribution in [0.15, 0.2) is 30.7 Å². The molecule has 0 aromatic carbocycles. The van der Waals surface area contributed by atoms with Gasteiger partial charge in [-0.25, -0.2) is 13.2 Å². The van der Waals surface area contributed by atoms with E-state index in [1.165, 1.54) is 0 Å². The van der Waals surface area contributed by atoms with Crippen LogP contribution in [0.3, 0.4) is 0 Å². The Morgan fingerprint density at radius 2 is 2.25 bits per heavy atom. The maximum Gasteiger partial charge on any atom is 0.315 e. The highest BCUT2D eigenvalue weighted by Gasteiger charge is 2.28. The largest absolute Gasteiger partial charge is 0.334 e. The Morgan fingerprint density at radius 1 is 1.42 bits per heavy atom. The summed E-state index contributed by atoms with van der Waals surface area (Å²) in [6.45, 7) is 0.310. The smallest absolute Gasteiger partial charge is 0.315 e. The first-order valence-electron chi connectivity index (χ1n) is 7.60. The molecule has 1 atom stereocenters. The highest BCUT2D eigenvalue weighted by atomic mass is 32.2. The molecule has 1 aliphatic rings. The maximum atomic E-state index is 11.9. The number of rotatable bonds is 4. The number of carbonyl (C=O) groups is 1. The quantitative estimate of drug-likeness (QED) is 0.834. The zero-order valence-electron chi connectivity index (χ0n) is 13.3. The molecule has 0 aliphatic carbocycles. The molecule has 3 rings (SSSR count). The summed E-state index contributed by atoms with van der Waals surface area (Å²) < 4.78 is 24.5. The van der Waals surface area contributed by atoms with E-state index in [4.69, 9.17) is 0 Å². The minimum Gasteiger partial charge on any atom is -0.334 e. The molecule has 2 amide bonds. The molecule has 3 heterocycles. The molecule has 1 unspecified atom stereocenters. The van der Waals surface area contributed by atoms with Gasteiger partial charge in [-0.2, -0.15) is 5.10 Å². The molecule has 128 valence electrons. The standard InChI is InChI=1S/C15H19N5O3S/c1-20-14(2-4-18-20)12-6-11(7-16-9-12)8-17-15(21)19-13-3-5-24(22,23)10-13/h2,4,6-7,9,13H,3,5,8,10H2,1H3,(H2,17,19,21). The predicted octanol–water partition coefficient (Wildman–Crippen LogP) is 0.468. The van der Waals surface area contributed by atoms with Crippen LogP contribution in [0.25, 0.3) is 11.3 Å². The summed E-state index contributed by atoms with van der Waals surface area (Å²) in [6.07, 6.45) is 5.60. The van der Waals surface area contributed by atoms with Crippen molar-refractivity contribution in [3.05, 3.63) is 36.3 Å². The summed E-state index contributed by atoms with van der Waals surface area (Å²) in [6, 6.07) is 3.14. The predicted molar refractivity (Wildman–Crippen MR) is 88.9 cm³/mol. The Kier molecular flexibility index (Phi) is 4.52. The van der Waals surface area contributed by atoms with E-state index >= 15 is 0 Å². The molecule has 1 saturated heterocycles. The molecular formula is C15H19N5O3S. The molecule has 1 fully saturated rings. The van der Waals surface area contributed by atoms with E-state index in [0.29, 0.717) is 13.0 Å². The fourth-order valence-electron chi connectivity index (χ4n) is 2.71. The lowest BCUT2D eigenvalue weighted by Crippen LogP contribution is -2.42. The second-order valence-corrected chi connectivity index (χ2v) is 8.08. The van der Waals surface area contributed by atoms with Crippen molar-refractivity contribution in [2.45, 2.75) is 19.0 Å². The lowest BCUT2D eigenvalue weighted by Gasteiger charge is -2.12. The van der Waals surface area contributed by atoms with Crippen LogP contribution in [0.4, 0.5) is 4.79 Å². The van der Waals surface area contributed by atoms with Crippen LogP contribution in [-0.4, -0.2) is 46.8 Å². The van der Waals surface area contributed by atoms with E-state index in [0.717, 1.165) is 16.8 Å². The first-order chi connectivity index (χ1) is 11.4. The van der Waals surface area contributed by atoms with Gasteiger partial charge in [0.25, 0.3) is 0 Å². The van der Waals surface area contributed by atoms with Gasteiger partial charge >= 0.3 is 6.03 Å². The van der Waals surface area contributed by atoms with E-state index in [1.54, 1.807) is 23.3 Å². The summed E-state index contributed by atoms with van der Waals surface area (Å²) in [7, 11) is -1.15. The number of hydrogen-bond acceptors (Lipinski definition) is 5. The van der Waals surface area contributed by atoms with Gasteiger partial charge in [0.05, 0.1) is 17.2 Å². The van der Waals surface area contributed by atoms with Gasteiger partial charge in [-0.15, -0.1) is 0 Å². The minimum atomic E-state index is -3.00. The SMILES string of the molecule is Cn1nccc1-c1cncc(CNC(=O)NC2CCS(=O)(=O)C2)c1. The van der Waals surface area contributed by atoms with Gasteiger partial charge in [0.2, 0.25) is 0 Å². The Hall–Kier alpha value is -2.42. The van der Waals surface area contributed by atoms with Crippen LogP contribution in [-0.2, 0) is 23.4 Å². The number of nitrogens with zero attached hydrogens (tertiary/aromatic N) is 3. The van der Waals surface area contributed by atoms with Crippen molar-refractivity contribution in [1.82, 2.24) is 25.4 Å². The molecule has 2 aromatic heterocycles. The Balaban J connectivity index is 1.57. The molecule has 1 aliphatic heterocycles. The molecule has 8 nitrogen and oxygen atoms in total.